The molecule has 0 unspecified atom stereocenters. The first kappa shape index (κ1) is 14.8. The highest BCUT2D eigenvalue weighted by atomic mass is 16.2. The minimum absolute atomic E-state index is 0.331. The van der Waals surface area contributed by atoms with Crippen LogP contribution in [0.25, 0.3) is 11.0 Å². The highest BCUT2D eigenvalue weighted by Crippen LogP contribution is 2.10. The number of aromatic nitrogens is 4. The monoisotopic (exact) mass is 311 g/mol. The summed E-state index contributed by atoms with van der Waals surface area (Å²) >= 11 is 0. The van der Waals surface area contributed by atoms with Gasteiger partial charge >= 0.3 is 6.03 Å². The van der Waals surface area contributed by atoms with Gasteiger partial charge in [0, 0.05) is 25.7 Å². The molecule has 0 saturated heterocycles. The van der Waals surface area contributed by atoms with Gasteiger partial charge in [0.1, 0.15) is 5.65 Å². The summed E-state index contributed by atoms with van der Waals surface area (Å²) in [6.45, 7) is 0.331. The summed E-state index contributed by atoms with van der Waals surface area (Å²) in [4.78, 5) is 29.4. The molecule has 3 aromatic rings. The van der Waals surface area contributed by atoms with Gasteiger partial charge in [0.25, 0.3) is 0 Å². The van der Waals surface area contributed by atoms with Gasteiger partial charge in [0.05, 0.1) is 30.3 Å². The average molecular weight is 311 g/mol. The number of pyridine rings is 1. The van der Waals surface area contributed by atoms with Crippen LogP contribution >= 0.6 is 0 Å². The molecule has 0 atom stereocenters. The number of carbonyl (C=O) groups is 1. The molecule has 23 heavy (non-hydrogen) atoms. The molecule has 2 amide bonds. The van der Waals surface area contributed by atoms with Gasteiger partial charge in [-0.05, 0) is 18.2 Å². The lowest BCUT2D eigenvalue weighted by molar-refractivity contribution is 0.251. The Morgan fingerprint density at radius 2 is 2.00 bits per heavy atom. The van der Waals surface area contributed by atoms with Crippen LogP contribution in [0.15, 0.2) is 36.8 Å². The van der Waals surface area contributed by atoms with E-state index in [9.17, 15) is 4.79 Å². The van der Waals surface area contributed by atoms with Crippen molar-refractivity contribution >= 4 is 28.7 Å². The second kappa shape index (κ2) is 6.30. The van der Waals surface area contributed by atoms with Gasteiger partial charge in [0.15, 0.2) is 0 Å². The van der Waals surface area contributed by atoms with Crippen LogP contribution in [0.4, 0.5) is 16.4 Å². The molecule has 0 aliphatic heterocycles. The van der Waals surface area contributed by atoms with E-state index in [0.29, 0.717) is 18.2 Å². The molecule has 0 bridgehead atoms. The van der Waals surface area contributed by atoms with E-state index in [1.54, 1.807) is 17.3 Å². The van der Waals surface area contributed by atoms with Crippen LogP contribution in [0.5, 0.6) is 0 Å². The summed E-state index contributed by atoms with van der Waals surface area (Å²) in [6, 6.07) is 5.45. The summed E-state index contributed by atoms with van der Waals surface area (Å²) in [5.74, 6) is 0.583. The second-order valence-corrected chi connectivity index (χ2v) is 5.19. The Balaban J connectivity index is 1.56. The predicted molar refractivity (Wildman–Crippen MR) is 88.3 cm³/mol. The summed E-state index contributed by atoms with van der Waals surface area (Å²) in [5.41, 5.74) is 2.10. The topological polar surface area (TPSA) is 98.8 Å². The van der Waals surface area contributed by atoms with Gasteiger partial charge < -0.3 is 20.5 Å². The van der Waals surface area contributed by atoms with Gasteiger partial charge in [-0.2, -0.15) is 0 Å². The lowest BCUT2D eigenvalue weighted by atomic mass is 10.3. The van der Waals surface area contributed by atoms with Crippen LogP contribution in [0.3, 0.4) is 0 Å². The number of nitrogens with zero attached hydrogens (tertiary/aromatic N) is 4. The lowest BCUT2D eigenvalue weighted by Gasteiger charge is -2.10. The van der Waals surface area contributed by atoms with Gasteiger partial charge in [-0.25, -0.2) is 19.7 Å². The van der Waals surface area contributed by atoms with Crippen molar-refractivity contribution in [1.82, 2.24) is 25.3 Å². The Kier molecular flexibility index (Phi) is 4.05. The zero-order valence-electron chi connectivity index (χ0n) is 12.9. The average Bonchev–Trinajstić information content (AvgIpc) is 3.01. The number of nitrogens with one attached hydrogen (secondary N) is 3. The van der Waals surface area contributed by atoms with Gasteiger partial charge in [-0.15, -0.1) is 0 Å². The van der Waals surface area contributed by atoms with E-state index >= 15 is 0 Å². The fraction of sp³-hybridized carbons (Fsp3) is 0.200. The standard InChI is InChI=1S/C15H17N7O/c1-22(2)14-17-8-12(9-18-14)21-15(23)19-7-11-4-3-10-5-6-16-13(10)20-11/h3-6,8-9H,7H2,1-2H3,(H,16,20)(H2,19,21,23). The first-order valence-electron chi connectivity index (χ1n) is 7.09. The largest absolute Gasteiger partial charge is 0.347 e. The molecule has 3 N–H and O–H groups in total. The third kappa shape index (κ3) is 3.54. The van der Waals surface area contributed by atoms with Crippen molar-refractivity contribution < 1.29 is 4.79 Å². The first-order valence-corrected chi connectivity index (χ1v) is 7.09. The van der Waals surface area contributed by atoms with Crippen LogP contribution in [-0.4, -0.2) is 40.1 Å². The van der Waals surface area contributed by atoms with Crippen molar-refractivity contribution in [1.29, 1.82) is 0 Å². The fourth-order valence-corrected chi connectivity index (χ4v) is 2.03. The van der Waals surface area contributed by atoms with Crippen molar-refractivity contribution in [2.45, 2.75) is 6.54 Å². The minimum atomic E-state index is -0.334. The number of hydrogen-bond donors (Lipinski definition) is 3. The van der Waals surface area contributed by atoms with E-state index < -0.39 is 0 Å². The molecule has 0 fully saturated rings. The predicted octanol–water partition coefficient (Wildman–Crippen LogP) is 1.74. The molecule has 0 saturated carbocycles. The summed E-state index contributed by atoms with van der Waals surface area (Å²) in [7, 11) is 3.70. The number of fused-ring (bicyclic) bond motifs is 1. The second-order valence-electron chi connectivity index (χ2n) is 5.19. The van der Waals surface area contributed by atoms with Crippen LogP contribution in [0.2, 0.25) is 0 Å². The zero-order valence-corrected chi connectivity index (χ0v) is 12.9. The summed E-state index contributed by atoms with van der Waals surface area (Å²) in [6.07, 6.45) is 4.95. The molecule has 3 heterocycles. The fourth-order valence-electron chi connectivity index (χ4n) is 2.03. The number of amides is 2. The van der Waals surface area contributed by atoms with Crippen molar-refractivity contribution in [3.05, 3.63) is 42.5 Å². The lowest BCUT2D eigenvalue weighted by Crippen LogP contribution is -2.28. The molecule has 0 spiro atoms. The van der Waals surface area contributed by atoms with E-state index in [2.05, 4.69) is 30.6 Å². The smallest absolute Gasteiger partial charge is 0.319 e. The van der Waals surface area contributed by atoms with Gasteiger partial charge in [-0.3, -0.25) is 0 Å². The first-order chi connectivity index (χ1) is 11.1. The molecular weight excluding hydrogens is 294 g/mol. The quantitative estimate of drug-likeness (QED) is 0.681. The molecular formula is C15H17N7O. The van der Waals surface area contributed by atoms with E-state index in [1.165, 1.54) is 0 Å². The third-order valence-electron chi connectivity index (χ3n) is 3.19. The normalized spacial score (nSPS) is 10.5. The van der Waals surface area contributed by atoms with Crippen LogP contribution in [0, 0.1) is 0 Å². The molecule has 3 rings (SSSR count). The Bertz CT molecular complexity index is 810. The van der Waals surface area contributed by atoms with E-state index in [0.717, 1.165) is 16.7 Å². The van der Waals surface area contributed by atoms with Crippen molar-refractivity contribution in [3.8, 4) is 0 Å². The molecule has 0 radical (unpaired) electrons. The zero-order chi connectivity index (χ0) is 16.2. The molecule has 0 aliphatic carbocycles. The maximum atomic E-state index is 11.9. The number of hydrogen-bond acceptors (Lipinski definition) is 5. The number of aromatic amines is 1. The maximum Gasteiger partial charge on any atom is 0.319 e. The Morgan fingerprint density at radius 3 is 2.74 bits per heavy atom. The highest BCUT2D eigenvalue weighted by Gasteiger charge is 2.05. The number of carbonyl (C=O) groups excluding carboxylic acids is 1. The van der Waals surface area contributed by atoms with Crippen LogP contribution < -0.4 is 15.5 Å². The van der Waals surface area contributed by atoms with Crippen molar-refractivity contribution in [2.24, 2.45) is 0 Å². The molecule has 8 heteroatoms. The number of urea groups is 1. The Morgan fingerprint density at radius 1 is 1.22 bits per heavy atom. The van der Waals surface area contributed by atoms with Crippen molar-refractivity contribution in [3.63, 3.8) is 0 Å². The number of anilines is 2. The van der Waals surface area contributed by atoms with Crippen LogP contribution in [-0.2, 0) is 6.54 Å². The SMILES string of the molecule is CN(C)c1ncc(NC(=O)NCc2ccc3cc[nH]c3n2)cn1. The Labute approximate surface area is 133 Å². The third-order valence-corrected chi connectivity index (χ3v) is 3.19. The van der Waals surface area contributed by atoms with E-state index in [1.807, 2.05) is 38.5 Å². The highest BCUT2D eigenvalue weighted by molar-refractivity contribution is 5.88. The number of rotatable bonds is 4. The Hall–Kier alpha value is -3.16. The van der Waals surface area contributed by atoms with E-state index in [-0.39, 0.29) is 6.03 Å². The summed E-state index contributed by atoms with van der Waals surface area (Å²) in [5, 5.41) is 6.47. The molecule has 118 valence electrons. The number of H-pyrrole nitrogens is 1. The minimum Gasteiger partial charge on any atom is -0.347 e. The molecule has 0 aromatic carbocycles. The van der Waals surface area contributed by atoms with Crippen LogP contribution in [0.1, 0.15) is 5.69 Å². The maximum absolute atomic E-state index is 11.9. The van der Waals surface area contributed by atoms with Gasteiger partial charge in [-0.1, -0.05) is 0 Å². The molecule has 8 nitrogen and oxygen atoms in total. The summed E-state index contributed by atoms with van der Waals surface area (Å²) < 4.78 is 0. The molecule has 0 aliphatic rings. The van der Waals surface area contributed by atoms with E-state index in [4.69, 9.17) is 0 Å². The van der Waals surface area contributed by atoms with Gasteiger partial charge in [0.2, 0.25) is 5.95 Å². The molecule has 3 aromatic heterocycles. The van der Waals surface area contributed by atoms with Crippen molar-refractivity contribution in [2.75, 3.05) is 24.3 Å².